The Morgan fingerprint density at radius 3 is 2.62 bits per heavy atom. The summed E-state index contributed by atoms with van der Waals surface area (Å²) in [5, 5.41) is 0. The van der Waals surface area contributed by atoms with Crippen LogP contribution in [0.2, 0.25) is 0 Å². The van der Waals surface area contributed by atoms with E-state index in [-0.39, 0.29) is 6.79 Å². The molecule has 0 aliphatic heterocycles. The third-order valence-corrected chi connectivity index (χ3v) is 1.46. The second kappa shape index (κ2) is 6.24. The summed E-state index contributed by atoms with van der Waals surface area (Å²) in [6, 6.07) is 9.92. The van der Waals surface area contributed by atoms with Crippen molar-refractivity contribution in [1.82, 2.24) is 0 Å². The number of rotatable bonds is 5. The molecule has 0 unspecified atom stereocenters. The molecule has 1 aromatic carbocycles. The lowest BCUT2D eigenvalue weighted by Crippen LogP contribution is -2.00. The van der Waals surface area contributed by atoms with Crippen molar-refractivity contribution < 1.29 is 9.47 Å². The van der Waals surface area contributed by atoms with Gasteiger partial charge in [0.05, 0.1) is 6.61 Å². The zero-order valence-corrected chi connectivity index (χ0v) is 7.40. The molecule has 68 valence electrons. The maximum atomic E-state index is 5.20. The minimum absolute atomic E-state index is 0.249. The Morgan fingerprint density at radius 2 is 1.92 bits per heavy atom. The molecule has 0 spiro atoms. The highest BCUT2D eigenvalue weighted by atomic mass is 16.7. The molecule has 0 amide bonds. The van der Waals surface area contributed by atoms with Crippen LogP contribution >= 0.6 is 0 Å². The van der Waals surface area contributed by atoms with Gasteiger partial charge in [-0.2, -0.15) is 0 Å². The van der Waals surface area contributed by atoms with Crippen LogP contribution in [-0.2, 0) is 16.1 Å². The lowest BCUT2D eigenvalue weighted by atomic mass is 10.2. The van der Waals surface area contributed by atoms with E-state index in [1.807, 2.05) is 30.3 Å². The summed E-state index contributed by atoms with van der Waals surface area (Å²) in [5.74, 6) is 2.36. The Labute approximate surface area is 78.5 Å². The van der Waals surface area contributed by atoms with Crippen LogP contribution in [0.15, 0.2) is 30.3 Å². The van der Waals surface area contributed by atoms with Gasteiger partial charge in [-0.25, -0.2) is 0 Å². The van der Waals surface area contributed by atoms with E-state index in [0.717, 1.165) is 5.56 Å². The normalized spacial score (nSPS) is 9.46. The third kappa shape index (κ3) is 4.32. The fraction of sp³-hybridized carbons (Fsp3) is 0.273. The lowest BCUT2D eigenvalue weighted by Gasteiger charge is -2.02. The van der Waals surface area contributed by atoms with Crippen LogP contribution in [0, 0.1) is 12.3 Å². The van der Waals surface area contributed by atoms with E-state index < -0.39 is 0 Å². The SMILES string of the molecule is C#CCOCOCc1ccccc1. The quantitative estimate of drug-likeness (QED) is 0.387. The minimum Gasteiger partial charge on any atom is -0.351 e. The molecule has 2 heteroatoms. The average Bonchev–Trinajstić information content (AvgIpc) is 2.19. The summed E-state index contributed by atoms with van der Waals surface area (Å²) in [6.07, 6.45) is 4.99. The van der Waals surface area contributed by atoms with E-state index in [2.05, 4.69) is 5.92 Å². The fourth-order valence-electron chi connectivity index (χ4n) is 0.893. The summed E-state index contributed by atoms with van der Waals surface area (Å²) in [7, 11) is 0. The molecule has 0 atom stereocenters. The van der Waals surface area contributed by atoms with Gasteiger partial charge < -0.3 is 9.47 Å². The van der Waals surface area contributed by atoms with Gasteiger partial charge >= 0.3 is 0 Å². The molecule has 0 N–H and O–H groups in total. The molecule has 0 saturated heterocycles. The number of ether oxygens (including phenoxy) is 2. The number of hydrogen-bond donors (Lipinski definition) is 0. The second-order valence-corrected chi connectivity index (χ2v) is 2.50. The predicted octanol–water partition coefficient (Wildman–Crippen LogP) is 1.81. The van der Waals surface area contributed by atoms with Gasteiger partial charge in [-0.1, -0.05) is 36.3 Å². The summed E-state index contributed by atoms with van der Waals surface area (Å²) in [6.45, 7) is 1.11. The summed E-state index contributed by atoms with van der Waals surface area (Å²) >= 11 is 0. The van der Waals surface area contributed by atoms with Crippen molar-refractivity contribution >= 4 is 0 Å². The standard InChI is InChI=1S/C11H12O2/c1-2-8-12-10-13-9-11-6-4-3-5-7-11/h1,3-7H,8-10H2. The van der Waals surface area contributed by atoms with Crippen LogP contribution < -0.4 is 0 Å². The zero-order valence-electron chi connectivity index (χ0n) is 7.40. The van der Waals surface area contributed by atoms with Crippen molar-refractivity contribution in [3.63, 3.8) is 0 Å². The Hall–Kier alpha value is -1.30. The van der Waals surface area contributed by atoms with Crippen LogP contribution in [0.5, 0.6) is 0 Å². The Bertz CT molecular complexity index is 261. The van der Waals surface area contributed by atoms with Crippen LogP contribution in [0.25, 0.3) is 0 Å². The highest BCUT2D eigenvalue weighted by molar-refractivity contribution is 5.13. The monoisotopic (exact) mass is 176 g/mol. The third-order valence-electron chi connectivity index (χ3n) is 1.46. The first kappa shape index (κ1) is 9.79. The highest BCUT2D eigenvalue weighted by Crippen LogP contribution is 1.99. The molecule has 13 heavy (non-hydrogen) atoms. The predicted molar refractivity (Wildman–Crippen MR) is 50.9 cm³/mol. The molecule has 0 radical (unpaired) electrons. The molecule has 0 aliphatic rings. The molecule has 0 heterocycles. The summed E-state index contributed by atoms with van der Waals surface area (Å²) < 4.78 is 10.2. The maximum absolute atomic E-state index is 5.20. The lowest BCUT2D eigenvalue weighted by molar-refractivity contribution is -0.0503. The maximum Gasteiger partial charge on any atom is 0.148 e. The van der Waals surface area contributed by atoms with Crippen molar-refractivity contribution in [2.75, 3.05) is 13.4 Å². The molecule has 2 nitrogen and oxygen atoms in total. The van der Waals surface area contributed by atoms with E-state index in [1.54, 1.807) is 0 Å². The van der Waals surface area contributed by atoms with E-state index in [1.165, 1.54) is 0 Å². The summed E-state index contributed by atoms with van der Waals surface area (Å²) in [4.78, 5) is 0. The topological polar surface area (TPSA) is 18.5 Å². The molecule has 1 rings (SSSR count). The largest absolute Gasteiger partial charge is 0.351 e. The fourth-order valence-corrected chi connectivity index (χ4v) is 0.893. The molecule has 1 aromatic rings. The van der Waals surface area contributed by atoms with Gasteiger partial charge in [0.1, 0.15) is 13.4 Å². The molecule has 0 bridgehead atoms. The highest BCUT2D eigenvalue weighted by Gasteiger charge is 1.90. The summed E-state index contributed by atoms with van der Waals surface area (Å²) in [5.41, 5.74) is 1.13. The van der Waals surface area contributed by atoms with Gasteiger partial charge in [0.25, 0.3) is 0 Å². The first-order chi connectivity index (χ1) is 6.43. The zero-order chi connectivity index (χ0) is 9.36. The van der Waals surface area contributed by atoms with E-state index in [9.17, 15) is 0 Å². The second-order valence-electron chi connectivity index (χ2n) is 2.50. The Morgan fingerprint density at radius 1 is 1.15 bits per heavy atom. The van der Waals surface area contributed by atoms with Crippen molar-refractivity contribution in [3.8, 4) is 12.3 Å². The van der Waals surface area contributed by atoms with E-state index >= 15 is 0 Å². The molecule has 0 aromatic heterocycles. The van der Waals surface area contributed by atoms with E-state index in [4.69, 9.17) is 15.9 Å². The van der Waals surface area contributed by atoms with Crippen LogP contribution in [-0.4, -0.2) is 13.4 Å². The number of benzene rings is 1. The van der Waals surface area contributed by atoms with Crippen molar-refractivity contribution in [3.05, 3.63) is 35.9 Å². The first-order valence-electron chi connectivity index (χ1n) is 4.06. The van der Waals surface area contributed by atoms with Gasteiger partial charge in [0.15, 0.2) is 0 Å². The van der Waals surface area contributed by atoms with Gasteiger partial charge in [-0.05, 0) is 5.56 Å². The number of hydrogen-bond acceptors (Lipinski definition) is 2. The van der Waals surface area contributed by atoms with Gasteiger partial charge in [-0.3, -0.25) is 0 Å². The first-order valence-corrected chi connectivity index (χ1v) is 4.06. The number of terminal acetylenes is 1. The van der Waals surface area contributed by atoms with Gasteiger partial charge in [0, 0.05) is 0 Å². The van der Waals surface area contributed by atoms with Crippen molar-refractivity contribution in [2.24, 2.45) is 0 Å². The minimum atomic E-state index is 0.249. The van der Waals surface area contributed by atoms with Crippen LogP contribution in [0.1, 0.15) is 5.56 Å². The molecular formula is C11H12O2. The van der Waals surface area contributed by atoms with Crippen molar-refractivity contribution in [2.45, 2.75) is 6.61 Å². The molecule has 0 fully saturated rings. The van der Waals surface area contributed by atoms with E-state index in [0.29, 0.717) is 13.2 Å². The van der Waals surface area contributed by atoms with Crippen molar-refractivity contribution in [1.29, 1.82) is 0 Å². The molecule has 0 aliphatic carbocycles. The average molecular weight is 176 g/mol. The Kier molecular flexibility index (Phi) is 4.70. The van der Waals surface area contributed by atoms with Crippen LogP contribution in [0.4, 0.5) is 0 Å². The smallest absolute Gasteiger partial charge is 0.148 e. The van der Waals surface area contributed by atoms with Gasteiger partial charge in [-0.15, -0.1) is 6.42 Å². The van der Waals surface area contributed by atoms with Crippen LogP contribution in [0.3, 0.4) is 0 Å². The molecular weight excluding hydrogens is 164 g/mol. The Balaban J connectivity index is 2.11. The van der Waals surface area contributed by atoms with Gasteiger partial charge in [0.2, 0.25) is 0 Å². The molecule has 0 saturated carbocycles.